The summed E-state index contributed by atoms with van der Waals surface area (Å²) in [7, 11) is 2.15. The number of rotatable bonds is 6. The minimum Gasteiger partial charge on any atom is -0.353 e. The minimum absolute atomic E-state index is 0. The molecule has 0 radical (unpaired) electrons. The molecule has 2 N–H and O–H groups in total. The maximum atomic E-state index is 12.2. The van der Waals surface area contributed by atoms with E-state index in [0.29, 0.717) is 0 Å². The summed E-state index contributed by atoms with van der Waals surface area (Å²) in [5.41, 5.74) is -0.280. The Labute approximate surface area is 128 Å². The Morgan fingerprint density at radius 3 is 2.58 bits per heavy atom. The number of carbonyl (C=O) groups excluding carboxylic acids is 1. The van der Waals surface area contributed by atoms with Crippen molar-refractivity contribution < 1.29 is 4.79 Å². The molecule has 1 aliphatic carbocycles. The van der Waals surface area contributed by atoms with E-state index in [-0.39, 0.29) is 36.3 Å². The van der Waals surface area contributed by atoms with Crippen LogP contribution in [0, 0.1) is 0 Å². The highest BCUT2D eigenvalue weighted by Gasteiger charge is 2.38. The van der Waals surface area contributed by atoms with Gasteiger partial charge in [0.1, 0.15) is 0 Å². The molecule has 2 rings (SSSR count). The standard InChI is InChI=1S/C13H25N3O.2ClH/c1-3-13(7-4-8-15-13)12(17)14-9-10-16(2)11-5-6-11;;/h11,15H,3-10H2,1-2H3,(H,14,17);2*1H. The third kappa shape index (κ3) is 4.78. The van der Waals surface area contributed by atoms with Crippen LogP contribution in [0.5, 0.6) is 0 Å². The SMILES string of the molecule is CCC1(C(=O)NCCN(C)C2CC2)CCCN1.Cl.Cl. The third-order valence-electron chi connectivity index (χ3n) is 4.20. The van der Waals surface area contributed by atoms with Gasteiger partial charge in [-0.3, -0.25) is 4.79 Å². The topological polar surface area (TPSA) is 44.4 Å². The molecular weight excluding hydrogens is 285 g/mol. The van der Waals surface area contributed by atoms with Crippen molar-refractivity contribution in [3.63, 3.8) is 0 Å². The van der Waals surface area contributed by atoms with Gasteiger partial charge in [0.15, 0.2) is 0 Å². The summed E-state index contributed by atoms with van der Waals surface area (Å²) in [6, 6.07) is 0.775. The summed E-state index contributed by atoms with van der Waals surface area (Å²) in [6.45, 7) is 4.81. The van der Waals surface area contributed by atoms with Crippen molar-refractivity contribution in [1.82, 2.24) is 15.5 Å². The second-order valence-corrected chi connectivity index (χ2v) is 5.43. The monoisotopic (exact) mass is 311 g/mol. The van der Waals surface area contributed by atoms with Gasteiger partial charge in [-0.15, -0.1) is 24.8 Å². The summed E-state index contributed by atoms with van der Waals surface area (Å²) in [5, 5.41) is 6.45. The zero-order valence-corrected chi connectivity index (χ0v) is 13.5. The van der Waals surface area contributed by atoms with Crippen LogP contribution in [-0.4, -0.2) is 49.1 Å². The molecule has 1 amide bonds. The van der Waals surface area contributed by atoms with Gasteiger partial charge >= 0.3 is 0 Å². The highest BCUT2D eigenvalue weighted by Crippen LogP contribution is 2.25. The van der Waals surface area contributed by atoms with Gasteiger partial charge in [0, 0.05) is 19.1 Å². The third-order valence-corrected chi connectivity index (χ3v) is 4.20. The molecular formula is C13H27Cl2N3O. The molecule has 2 fully saturated rings. The Hall–Kier alpha value is -0.0300. The van der Waals surface area contributed by atoms with Gasteiger partial charge in [0.05, 0.1) is 5.54 Å². The molecule has 4 nitrogen and oxygen atoms in total. The number of carbonyl (C=O) groups is 1. The average Bonchev–Trinajstić information content (AvgIpc) is 3.07. The fourth-order valence-electron chi connectivity index (χ4n) is 2.68. The van der Waals surface area contributed by atoms with Crippen molar-refractivity contribution >= 4 is 30.7 Å². The van der Waals surface area contributed by atoms with Crippen molar-refractivity contribution in [2.75, 3.05) is 26.7 Å². The first-order chi connectivity index (χ1) is 8.18. The molecule has 0 aromatic rings. The van der Waals surface area contributed by atoms with Gasteiger partial charge in [0.2, 0.25) is 5.91 Å². The summed E-state index contributed by atoms with van der Waals surface area (Å²) in [5.74, 6) is 0.196. The molecule has 2 aliphatic rings. The zero-order chi connectivity index (χ0) is 12.3. The summed E-state index contributed by atoms with van der Waals surface area (Å²) in [6.07, 6.45) is 5.63. The molecule has 1 atom stereocenters. The molecule has 1 unspecified atom stereocenters. The van der Waals surface area contributed by atoms with Crippen LogP contribution in [0.1, 0.15) is 39.0 Å². The Balaban J connectivity index is 0.00000162. The highest BCUT2D eigenvalue weighted by atomic mass is 35.5. The van der Waals surface area contributed by atoms with E-state index < -0.39 is 0 Å². The number of halogens is 2. The first-order valence-electron chi connectivity index (χ1n) is 6.91. The van der Waals surface area contributed by atoms with Gasteiger partial charge in [-0.2, -0.15) is 0 Å². The smallest absolute Gasteiger partial charge is 0.240 e. The van der Waals surface area contributed by atoms with E-state index >= 15 is 0 Å². The molecule has 1 aliphatic heterocycles. The number of nitrogens with zero attached hydrogens (tertiary/aromatic N) is 1. The van der Waals surface area contributed by atoms with E-state index in [0.717, 1.165) is 44.9 Å². The highest BCUT2D eigenvalue weighted by molar-refractivity contribution is 5.86. The van der Waals surface area contributed by atoms with Crippen LogP contribution in [0.2, 0.25) is 0 Å². The molecule has 1 saturated heterocycles. The number of hydrogen-bond acceptors (Lipinski definition) is 3. The fourth-order valence-corrected chi connectivity index (χ4v) is 2.68. The van der Waals surface area contributed by atoms with Crippen LogP contribution in [-0.2, 0) is 4.79 Å². The predicted molar refractivity (Wildman–Crippen MR) is 83.4 cm³/mol. The van der Waals surface area contributed by atoms with Crippen molar-refractivity contribution in [3.8, 4) is 0 Å². The van der Waals surface area contributed by atoms with Crippen molar-refractivity contribution in [2.24, 2.45) is 0 Å². The largest absolute Gasteiger partial charge is 0.353 e. The molecule has 0 aromatic carbocycles. The van der Waals surface area contributed by atoms with E-state index in [2.05, 4.69) is 29.5 Å². The Morgan fingerprint density at radius 2 is 2.11 bits per heavy atom. The minimum atomic E-state index is -0.280. The lowest BCUT2D eigenvalue weighted by Gasteiger charge is -2.27. The number of amides is 1. The molecule has 0 bridgehead atoms. The van der Waals surface area contributed by atoms with E-state index in [1.807, 2.05) is 0 Å². The fraction of sp³-hybridized carbons (Fsp3) is 0.923. The van der Waals surface area contributed by atoms with Gasteiger partial charge in [-0.05, 0) is 45.7 Å². The van der Waals surface area contributed by atoms with Gasteiger partial charge in [0.25, 0.3) is 0 Å². The summed E-state index contributed by atoms with van der Waals surface area (Å²) >= 11 is 0. The van der Waals surface area contributed by atoms with Crippen molar-refractivity contribution in [2.45, 2.75) is 50.6 Å². The quantitative estimate of drug-likeness (QED) is 0.782. The zero-order valence-electron chi connectivity index (χ0n) is 11.9. The Morgan fingerprint density at radius 1 is 1.42 bits per heavy atom. The second kappa shape index (κ2) is 8.30. The van der Waals surface area contributed by atoms with Crippen LogP contribution in [0.3, 0.4) is 0 Å². The van der Waals surface area contributed by atoms with E-state index in [4.69, 9.17) is 0 Å². The van der Waals surface area contributed by atoms with Crippen LogP contribution < -0.4 is 10.6 Å². The maximum Gasteiger partial charge on any atom is 0.240 e. The Bertz CT molecular complexity index is 279. The van der Waals surface area contributed by atoms with Crippen molar-refractivity contribution in [3.05, 3.63) is 0 Å². The predicted octanol–water partition coefficient (Wildman–Crippen LogP) is 1.57. The van der Waals surface area contributed by atoms with E-state index in [9.17, 15) is 4.79 Å². The Kier molecular flexibility index (Phi) is 8.29. The first-order valence-corrected chi connectivity index (χ1v) is 6.91. The average molecular weight is 312 g/mol. The second-order valence-electron chi connectivity index (χ2n) is 5.43. The van der Waals surface area contributed by atoms with Gasteiger partial charge < -0.3 is 15.5 Å². The van der Waals surface area contributed by atoms with Crippen molar-refractivity contribution in [1.29, 1.82) is 0 Å². The van der Waals surface area contributed by atoms with E-state index in [1.165, 1.54) is 12.8 Å². The van der Waals surface area contributed by atoms with Crippen LogP contribution in [0.4, 0.5) is 0 Å². The lowest BCUT2D eigenvalue weighted by Crippen LogP contribution is -2.54. The normalized spacial score (nSPS) is 25.6. The molecule has 6 heteroatoms. The van der Waals surface area contributed by atoms with E-state index in [1.54, 1.807) is 0 Å². The summed E-state index contributed by atoms with van der Waals surface area (Å²) < 4.78 is 0. The molecule has 114 valence electrons. The van der Waals surface area contributed by atoms with Crippen LogP contribution in [0.15, 0.2) is 0 Å². The van der Waals surface area contributed by atoms with Crippen LogP contribution in [0.25, 0.3) is 0 Å². The number of likely N-dealkylation sites (N-methyl/N-ethyl adjacent to an activating group) is 1. The molecule has 1 saturated carbocycles. The number of nitrogens with one attached hydrogen (secondary N) is 2. The summed E-state index contributed by atoms with van der Waals surface area (Å²) in [4.78, 5) is 14.5. The molecule has 0 aromatic heterocycles. The molecule has 19 heavy (non-hydrogen) atoms. The van der Waals surface area contributed by atoms with Crippen LogP contribution >= 0.6 is 24.8 Å². The number of hydrogen-bond donors (Lipinski definition) is 2. The molecule has 0 spiro atoms. The molecule has 1 heterocycles. The maximum absolute atomic E-state index is 12.2. The lowest BCUT2D eigenvalue weighted by molar-refractivity contribution is -0.127. The first kappa shape index (κ1) is 19.0. The van der Waals surface area contributed by atoms with Gasteiger partial charge in [-0.25, -0.2) is 0 Å². The lowest BCUT2D eigenvalue weighted by atomic mass is 9.93. The van der Waals surface area contributed by atoms with Gasteiger partial charge in [-0.1, -0.05) is 6.92 Å².